The molecule has 0 saturated carbocycles. The van der Waals surface area contributed by atoms with Crippen LogP contribution in [0.3, 0.4) is 0 Å². The highest BCUT2D eigenvalue weighted by Gasteiger charge is 2.39. The molecule has 0 amide bonds. The fourth-order valence-corrected chi connectivity index (χ4v) is 2.92. The lowest BCUT2D eigenvalue weighted by atomic mass is 9.97. The maximum atomic E-state index is 11.6. The molecule has 1 aliphatic rings. The first-order valence-electron chi connectivity index (χ1n) is 6.01. The summed E-state index contributed by atoms with van der Waals surface area (Å²) in [4.78, 5) is 11.6. The van der Waals surface area contributed by atoms with E-state index in [9.17, 15) is 4.79 Å². The molecule has 0 fully saturated rings. The van der Waals surface area contributed by atoms with Gasteiger partial charge in [-0.25, -0.2) is 0 Å². The summed E-state index contributed by atoms with van der Waals surface area (Å²) in [5.74, 6) is 0.245. The Morgan fingerprint density at radius 2 is 1.94 bits per heavy atom. The molecule has 0 aliphatic heterocycles. The van der Waals surface area contributed by atoms with E-state index in [1.165, 1.54) is 0 Å². The number of ketones is 1. The predicted molar refractivity (Wildman–Crippen MR) is 70.1 cm³/mol. The average molecular weight is 240 g/mol. The Morgan fingerprint density at radius 3 is 2.38 bits per heavy atom. The van der Waals surface area contributed by atoms with Crippen molar-refractivity contribution in [1.29, 1.82) is 0 Å². The van der Waals surface area contributed by atoms with Crippen molar-refractivity contribution in [3.8, 4) is 0 Å². The van der Waals surface area contributed by atoms with Crippen LogP contribution >= 0.6 is 0 Å². The summed E-state index contributed by atoms with van der Waals surface area (Å²) in [6, 6.07) is 0. The van der Waals surface area contributed by atoms with Crippen molar-refractivity contribution in [3.05, 3.63) is 11.6 Å². The van der Waals surface area contributed by atoms with E-state index < -0.39 is 8.32 Å². The SMILES string of the molecule is CC1=CC[C@H](O[Si](C)(C)C(C)(C)C)CC1=O. The van der Waals surface area contributed by atoms with Gasteiger partial charge in [-0.3, -0.25) is 4.79 Å². The van der Waals surface area contributed by atoms with E-state index in [0.717, 1.165) is 12.0 Å². The van der Waals surface area contributed by atoms with E-state index in [2.05, 4.69) is 33.9 Å². The lowest BCUT2D eigenvalue weighted by Crippen LogP contribution is -2.44. The van der Waals surface area contributed by atoms with E-state index >= 15 is 0 Å². The lowest BCUT2D eigenvalue weighted by molar-refractivity contribution is -0.117. The van der Waals surface area contributed by atoms with Crippen LogP contribution in [0.2, 0.25) is 18.1 Å². The molecule has 0 saturated heterocycles. The summed E-state index contributed by atoms with van der Waals surface area (Å²) < 4.78 is 6.24. The Balaban J connectivity index is 2.67. The Kier molecular flexibility index (Phi) is 3.80. The van der Waals surface area contributed by atoms with Gasteiger partial charge in [-0.05, 0) is 37.0 Å². The van der Waals surface area contributed by atoms with Crippen LogP contribution in [0.1, 0.15) is 40.5 Å². The first-order chi connectivity index (χ1) is 7.13. The van der Waals surface area contributed by atoms with E-state index in [0.29, 0.717) is 6.42 Å². The molecule has 92 valence electrons. The molecular weight excluding hydrogens is 216 g/mol. The maximum absolute atomic E-state index is 11.6. The number of Topliss-reactive ketones (excluding diaryl/α,β-unsaturated/α-hetero) is 1. The normalized spacial score (nSPS) is 23.2. The second kappa shape index (κ2) is 4.45. The number of rotatable bonds is 2. The van der Waals surface area contributed by atoms with Gasteiger partial charge in [0.25, 0.3) is 0 Å². The van der Waals surface area contributed by atoms with Crippen LogP contribution < -0.4 is 0 Å². The standard InChI is InChI=1S/C13H24O2Si/c1-10-7-8-11(9-12(10)14)15-16(5,6)13(2,3)4/h7,11H,8-9H2,1-6H3/t11-/m0/s1. The highest BCUT2D eigenvalue weighted by Crippen LogP contribution is 2.38. The molecule has 1 atom stereocenters. The van der Waals surface area contributed by atoms with Crippen LogP contribution in [0.25, 0.3) is 0 Å². The predicted octanol–water partition coefficient (Wildman–Crippen LogP) is 3.69. The van der Waals surface area contributed by atoms with Gasteiger partial charge in [-0.15, -0.1) is 0 Å². The lowest BCUT2D eigenvalue weighted by Gasteiger charge is -2.39. The van der Waals surface area contributed by atoms with Gasteiger partial charge in [0.05, 0.1) is 6.10 Å². The summed E-state index contributed by atoms with van der Waals surface area (Å²) in [6.45, 7) is 13.1. The zero-order chi connectivity index (χ0) is 12.6. The molecule has 0 unspecified atom stereocenters. The van der Waals surface area contributed by atoms with Crippen LogP contribution in [0.5, 0.6) is 0 Å². The molecule has 0 heterocycles. The molecule has 3 heteroatoms. The minimum Gasteiger partial charge on any atom is -0.413 e. The molecule has 0 aromatic heterocycles. The zero-order valence-corrected chi connectivity index (χ0v) is 12.4. The van der Waals surface area contributed by atoms with Gasteiger partial charge in [0.1, 0.15) is 0 Å². The highest BCUT2D eigenvalue weighted by molar-refractivity contribution is 6.74. The molecule has 0 aromatic rings. The number of allylic oxidation sites excluding steroid dienone is 1. The van der Waals surface area contributed by atoms with Crippen molar-refractivity contribution in [2.45, 2.75) is 64.8 Å². The third-order valence-electron chi connectivity index (χ3n) is 3.81. The van der Waals surface area contributed by atoms with Crippen LogP contribution in [-0.2, 0) is 9.22 Å². The van der Waals surface area contributed by atoms with Crippen molar-refractivity contribution in [2.75, 3.05) is 0 Å². The molecule has 0 spiro atoms. The number of hydrogen-bond acceptors (Lipinski definition) is 2. The van der Waals surface area contributed by atoms with Crippen LogP contribution in [-0.4, -0.2) is 20.2 Å². The van der Waals surface area contributed by atoms with Gasteiger partial charge in [0.15, 0.2) is 14.1 Å². The van der Waals surface area contributed by atoms with E-state index in [-0.39, 0.29) is 16.9 Å². The van der Waals surface area contributed by atoms with E-state index in [4.69, 9.17) is 4.43 Å². The summed E-state index contributed by atoms with van der Waals surface area (Å²) in [5, 5.41) is 0.215. The fourth-order valence-electron chi connectivity index (χ4n) is 1.56. The summed E-state index contributed by atoms with van der Waals surface area (Å²) in [5.41, 5.74) is 0.898. The molecule has 0 aromatic carbocycles. The zero-order valence-electron chi connectivity index (χ0n) is 11.4. The Hall–Kier alpha value is -0.413. The first-order valence-corrected chi connectivity index (χ1v) is 8.92. The number of hydrogen-bond donors (Lipinski definition) is 0. The molecule has 1 aliphatic carbocycles. The third-order valence-corrected chi connectivity index (χ3v) is 8.34. The van der Waals surface area contributed by atoms with Gasteiger partial charge < -0.3 is 4.43 Å². The van der Waals surface area contributed by atoms with Crippen LogP contribution in [0, 0.1) is 0 Å². The summed E-state index contributed by atoms with van der Waals surface area (Å²) in [7, 11) is -1.73. The molecule has 1 rings (SSSR count). The average Bonchev–Trinajstić information content (AvgIpc) is 2.09. The number of carbonyl (C=O) groups is 1. The Labute approximate surface area is 100 Å². The van der Waals surface area contributed by atoms with Gasteiger partial charge in [-0.2, -0.15) is 0 Å². The fraction of sp³-hybridized carbons (Fsp3) is 0.769. The van der Waals surface area contributed by atoms with Crippen LogP contribution in [0.4, 0.5) is 0 Å². The second-order valence-corrected chi connectivity index (χ2v) is 11.0. The summed E-state index contributed by atoms with van der Waals surface area (Å²) >= 11 is 0. The van der Waals surface area contributed by atoms with Crippen molar-refractivity contribution in [3.63, 3.8) is 0 Å². The molecule has 0 bridgehead atoms. The smallest absolute Gasteiger partial charge is 0.192 e. The molecule has 0 N–H and O–H groups in total. The van der Waals surface area contributed by atoms with Crippen LogP contribution in [0.15, 0.2) is 11.6 Å². The topological polar surface area (TPSA) is 26.3 Å². The quantitative estimate of drug-likeness (QED) is 0.688. The van der Waals surface area contributed by atoms with Crippen molar-refractivity contribution in [2.24, 2.45) is 0 Å². The minimum absolute atomic E-state index is 0.108. The number of carbonyl (C=O) groups excluding carboxylic acids is 1. The molecule has 2 nitrogen and oxygen atoms in total. The monoisotopic (exact) mass is 240 g/mol. The second-order valence-electron chi connectivity index (χ2n) is 6.25. The molecule has 16 heavy (non-hydrogen) atoms. The van der Waals surface area contributed by atoms with E-state index in [1.807, 2.05) is 13.0 Å². The maximum Gasteiger partial charge on any atom is 0.192 e. The van der Waals surface area contributed by atoms with Gasteiger partial charge in [-0.1, -0.05) is 26.8 Å². The van der Waals surface area contributed by atoms with Gasteiger partial charge in [0, 0.05) is 6.42 Å². The Bertz CT molecular complexity index is 310. The highest BCUT2D eigenvalue weighted by atomic mass is 28.4. The van der Waals surface area contributed by atoms with Crippen molar-refractivity contribution in [1.82, 2.24) is 0 Å². The van der Waals surface area contributed by atoms with E-state index in [1.54, 1.807) is 0 Å². The van der Waals surface area contributed by atoms with Crippen molar-refractivity contribution >= 4 is 14.1 Å². The van der Waals surface area contributed by atoms with Crippen molar-refractivity contribution < 1.29 is 9.22 Å². The first kappa shape index (κ1) is 13.7. The molecular formula is C13H24O2Si. The largest absolute Gasteiger partial charge is 0.413 e. The minimum atomic E-state index is -1.73. The molecule has 0 radical (unpaired) electrons. The van der Waals surface area contributed by atoms with Gasteiger partial charge in [0.2, 0.25) is 0 Å². The van der Waals surface area contributed by atoms with Gasteiger partial charge >= 0.3 is 0 Å². The Morgan fingerprint density at radius 1 is 1.38 bits per heavy atom. The summed E-state index contributed by atoms with van der Waals surface area (Å²) in [6.07, 6.45) is 3.58. The third kappa shape index (κ3) is 3.05.